The third-order valence-electron chi connectivity index (χ3n) is 6.82. The van der Waals surface area contributed by atoms with Crippen molar-refractivity contribution in [1.29, 1.82) is 0 Å². The molecule has 1 heterocycles. The zero-order valence-electron chi connectivity index (χ0n) is 19.2. The molecule has 2 unspecified atom stereocenters. The fourth-order valence-electron chi connectivity index (χ4n) is 4.79. The van der Waals surface area contributed by atoms with Crippen LogP contribution in [0.5, 0.6) is 5.75 Å². The van der Waals surface area contributed by atoms with Crippen molar-refractivity contribution in [3.05, 3.63) is 40.9 Å². The van der Waals surface area contributed by atoms with Crippen LogP contribution in [0.25, 0.3) is 0 Å². The molecule has 2 fully saturated rings. The maximum atomic E-state index is 12.6. The van der Waals surface area contributed by atoms with E-state index in [-0.39, 0.29) is 40.2 Å². The third-order valence-corrected chi connectivity index (χ3v) is 7.04. The van der Waals surface area contributed by atoms with Crippen LogP contribution in [0.15, 0.2) is 30.4 Å². The second-order valence-electron chi connectivity index (χ2n) is 9.31. The lowest BCUT2D eigenvalue weighted by molar-refractivity contribution is -0.274. The molecule has 1 aliphatic carbocycles. The molecule has 3 rings (SSSR count). The van der Waals surface area contributed by atoms with Crippen LogP contribution in [-0.4, -0.2) is 25.1 Å². The first kappa shape index (κ1) is 25.9. The minimum absolute atomic E-state index is 0.0944. The molecule has 1 aliphatic heterocycles. The summed E-state index contributed by atoms with van der Waals surface area (Å²) < 4.78 is 47.7. The maximum Gasteiger partial charge on any atom is 0.573 e. The highest BCUT2D eigenvalue weighted by Crippen LogP contribution is 2.49. The van der Waals surface area contributed by atoms with E-state index >= 15 is 0 Å². The van der Waals surface area contributed by atoms with Crippen molar-refractivity contribution < 1.29 is 27.4 Å². The number of allylic oxidation sites excluding steroid dienone is 2. The first-order valence-electron chi connectivity index (χ1n) is 11.8. The lowest BCUT2D eigenvalue weighted by Gasteiger charge is -2.52. The Balaban J connectivity index is 1.52. The molecule has 0 bridgehead atoms. The second-order valence-corrected chi connectivity index (χ2v) is 9.75. The molecule has 4 nitrogen and oxygen atoms in total. The predicted octanol–water partition coefficient (Wildman–Crippen LogP) is 7.13. The van der Waals surface area contributed by atoms with Gasteiger partial charge in [0.1, 0.15) is 5.75 Å². The van der Waals surface area contributed by atoms with Crippen molar-refractivity contribution in [2.75, 3.05) is 6.54 Å². The molecule has 2 aliphatic rings. The Morgan fingerprint density at radius 2 is 2.00 bits per heavy atom. The Hall–Kier alpha value is -1.73. The Labute approximate surface area is 198 Å². The molecule has 33 heavy (non-hydrogen) atoms. The van der Waals surface area contributed by atoms with Gasteiger partial charge in [-0.1, -0.05) is 37.6 Å². The molecule has 8 heteroatoms. The molecule has 0 radical (unpaired) electrons. The SMILES string of the molecule is CCC=CCCCC(C)C(=O)OC1NCC12CCC(c1cc(Cl)cc(OC(F)(F)F)c1)CC2. The molecule has 184 valence electrons. The number of carbonyl (C=O) groups is 1. The van der Waals surface area contributed by atoms with E-state index in [1.807, 2.05) is 6.92 Å². The standard InChI is InChI=1S/C25H33ClF3NO3/c1-3-4-5-6-7-8-17(2)22(31)32-23-24(16-30-23)11-9-18(10-12-24)19-13-20(26)15-21(14-19)33-25(27,28)29/h4-5,13-15,17-18,23,30H,3,6-12,16H2,1-2H3. The molecule has 2 atom stereocenters. The van der Waals surface area contributed by atoms with Gasteiger partial charge in [-0.3, -0.25) is 10.1 Å². The lowest BCUT2D eigenvalue weighted by Crippen LogP contribution is -2.65. The van der Waals surface area contributed by atoms with Crippen molar-refractivity contribution in [2.24, 2.45) is 11.3 Å². The van der Waals surface area contributed by atoms with Gasteiger partial charge >= 0.3 is 12.3 Å². The van der Waals surface area contributed by atoms with Crippen LogP contribution < -0.4 is 10.1 Å². The van der Waals surface area contributed by atoms with Crippen LogP contribution in [0.3, 0.4) is 0 Å². The number of ether oxygens (including phenoxy) is 2. The van der Waals surface area contributed by atoms with E-state index in [9.17, 15) is 18.0 Å². The molecule has 0 aromatic heterocycles. The van der Waals surface area contributed by atoms with Crippen LogP contribution in [-0.2, 0) is 9.53 Å². The average Bonchev–Trinajstić information content (AvgIpc) is 2.74. The van der Waals surface area contributed by atoms with E-state index in [2.05, 4.69) is 29.1 Å². The van der Waals surface area contributed by atoms with Gasteiger partial charge in [-0.25, -0.2) is 0 Å². The summed E-state index contributed by atoms with van der Waals surface area (Å²) in [5, 5.41) is 3.48. The number of carbonyl (C=O) groups excluding carboxylic acids is 1. The van der Waals surface area contributed by atoms with Crippen LogP contribution in [0.4, 0.5) is 13.2 Å². The summed E-state index contributed by atoms with van der Waals surface area (Å²) >= 11 is 6.05. The van der Waals surface area contributed by atoms with Gasteiger partial charge in [0.2, 0.25) is 0 Å². The number of unbranched alkanes of at least 4 members (excludes halogenated alkanes) is 1. The first-order valence-corrected chi connectivity index (χ1v) is 12.1. The Kier molecular flexibility index (Phi) is 8.73. The maximum absolute atomic E-state index is 12.6. The Bertz CT molecular complexity index is 835. The molecule has 1 spiro atoms. The lowest BCUT2D eigenvalue weighted by atomic mass is 9.64. The fourth-order valence-corrected chi connectivity index (χ4v) is 5.03. The van der Waals surface area contributed by atoms with Crippen LogP contribution >= 0.6 is 11.6 Å². The molecule has 0 amide bonds. The molecule has 1 saturated heterocycles. The molecular formula is C25H33ClF3NO3. The van der Waals surface area contributed by atoms with Gasteiger partial charge in [0, 0.05) is 17.0 Å². The quantitative estimate of drug-likeness (QED) is 0.229. The van der Waals surface area contributed by atoms with E-state index in [0.29, 0.717) is 0 Å². The van der Waals surface area contributed by atoms with Crippen LogP contribution in [0.2, 0.25) is 5.02 Å². The summed E-state index contributed by atoms with van der Waals surface area (Å²) in [5.41, 5.74) is 0.655. The van der Waals surface area contributed by atoms with E-state index in [4.69, 9.17) is 16.3 Å². The number of hydrogen-bond acceptors (Lipinski definition) is 4. The summed E-state index contributed by atoms with van der Waals surface area (Å²) in [6, 6.07) is 4.31. The summed E-state index contributed by atoms with van der Waals surface area (Å²) in [6.45, 7) is 4.79. The average molecular weight is 488 g/mol. The third kappa shape index (κ3) is 7.12. The monoisotopic (exact) mass is 487 g/mol. The zero-order valence-corrected chi connectivity index (χ0v) is 20.0. The van der Waals surface area contributed by atoms with Crippen LogP contribution in [0, 0.1) is 11.3 Å². The number of benzene rings is 1. The normalized spacial score (nSPS) is 26.2. The Morgan fingerprint density at radius 1 is 1.27 bits per heavy atom. The van der Waals surface area contributed by atoms with Gasteiger partial charge < -0.3 is 9.47 Å². The van der Waals surface area contributed by atoms with Gasteiger partial charge in [0.05, 0.1) is 5.92 Å². The van der Waals surface area contributed by atoms with E-state index in [1.54, 1.807) is 6.07 Å². The van der Waals surface area contributed by atoms with Gasteiger partial charge in [0.15, 0.2) is 6.23 Å². The second kappa shape index (κ2) is 11.1. The van der Waals surface area contributed by atoms with Gasteiger partial charge in [0.25, 0.3) is 0 Å². The highest BCUT2D eigenvalue weighted by Gasteiger charge is 2.51. The molecule has 1 aromatic carbocycles. The summed E-state index contributed by atoms with van der Waals surface area (Å²) in [5.74, 6) is -0.509. The van der Waals surface area contributed by atoms with Crippen molar-refractivity contribution >= 4 is 17.6 Å². The smallest absolute Gasteiger partial charge is 0.446 e. The van der Waals surface area contributed by atoms with Crippen LogP contribution in [0.1, 0.15) is 76.7 Å². The minimum atomic E-state index is -4.75. The topological polar surface area (TPSA) is 47.6 Å². The van der Waals surface area contributed by atoms with E-state index in [1.165, 1.54) is 12.1 Å². The highest BCUT2D eigenvalue weighted by atomic mass is 35.5. The fraction of sp³-hybridized carbons (Fsp3) is 0.640. The molecule has 1 saturated carbocycles. The molecular weight excluding hydrogens is 455 g/mol. The van der Waals surface area contributed by atoms with E-state index < -0.39 is 6.36 Å². The van der Waals surface area contributed by atoms with Crippen molar-refractivity contribution in [3.8, 4) is 5.75 Å². The number of alkyl halides is 3. The zero-order chi connectivity index (χ0) is 24.1. The first-order chi connectivity index (χ1) is 15.6. The number of halogens is 4. The van der Waals surface area contributed by atoms with E-state index in [0.717, 1.165) is 63.5 Å². The molecule has 1 aromatic rings. The summed E-state index contributed by atoms with van der Waals surface area (Å²) in [4.78, 5) is 12.6. The van der Waals surface area contributed by atoms with Crippen molar-refractivity contribution in [3.63, 3.8) is 0 Å². The largest absolute Gasteiger partial charge is 0.573 e. The number of nitrogens with one attached hydrogen (secondary N) is 1. The summed E-state index contributed by atoms with van der Waals surface area (Å²) in [7, 11) is 0. The number of rotatable bonds is 9. The summed E-state index contributed by atoms with van der Waals surface area (Å²) in [6.07, 6.45) is 6.23. The van der Waals surface area contributed by atoms with Gasteiger partial charge in [-0.15, -0.1) is 13.2 Å². The molecule has 1 N–H and O–H groups in total. The van der Waals surface area contributed by atoms with Gasteiger partial charge in [-0.05, 0) is 81.0 Å². The highest BCUT2D eigenvalue weighted by molar-refractivity contribution is 6.30. The van der Waals surface area contributed by atoms with Crippen molar-refractivity contribution in [2.45, 2.75) is 83.7 Å². The predicted molar refractivity (Wildman–Crippen MR) is 122 cm³/mol. The van der Waals surface area contributed by atoms with Gasteiger partial charge in [-0.2, -0.15) is 0 Å². The number of hydrogen-bond donors (Lipinski definition) is 1. The minimum Gasteiger partial charge on any atom is -0.446 e. The Morgan fingerprint density at radius 3 is 2.61 bits per heavy atom. The number of esters is 1. The van der Waals surface area contributed by atoms with Crippen molar-refractivity contribution in [1.82, 2.24) is 5.32 Å².